The van der Waals surface area contributed by atoms with Gasteiger partial charge >= 0.3 is 0 Å². The Morgan fingerprint density at radius 1 is 1.24 bits per heavy atom. The molecule has 0 unspecified atom stereocenters. The Bertz CT molecular complexity index is 772. The van der Waals surface area contributed by atoms with Gasteiger partial charge in [0.25, 0.3) is 0 Å². The summed E-state index contributed by atoms with van der Waals surface area (Å²) in [6.07, 6.45) is 2.10. The van der Waals surface area contributed by atoms with Crippen LogP contribution in [0.3, 0.4) is 0 Å². The van der Waals surface area contributed by atoms with Gasteiger partial charge in [-0.25, -0.2) is 0 Å². The molecule has 0 bridgehead atoms. The van der Waals surface area contributed by atoms with Crippen LogP contribution in [0.4, 0.5) is 5.69 Å². The Hall–Kier alpha value is -2.95. The Labute approximate surface area is 147 Å². The molecule has 2 aromatic rings. The minimum Gasteiger partial charge on any atom is -0.489 e. The van der Waals surface area contributed by atoms with E-state index < -0.39 is 0 Å². The lowest BCUT2D eigenvalue weighted by molar-refractivity contribution is -0.118. The molecule has 1 aliphatic rings. The van der Waals surface area contributed by atoms with Crippen LogP contribution in [0.15, 0.2) is 55.1 Å². The minimum atomic E-state index is 0.0254. The van der Waals surface area contributed by atoms with Crippen LogP contribution >= 0.6 is 0 Å². The molecule has 2 aromatic carbocycles. The SMILES string of the molecule is C=CCOc1ccccc1CN(C(=O)CC)c1ccc2c(c1)OCO2. The fraction of sp³-hybridized carbons (Fsp3) is 0.250. The average molecular weight is 339 g/mol. The van der Waals surface area contributed by atoms with Crippen LogP contribution in [0.25, 0.3) is 0 Å². The van der Waals surface area contributed by atoms with Crippen LogP contribution < -0.4 is 19.1 Å². The minimum absolute atomic E-state index is 0.0254. The number of hydrogen-bond donors (Lipinski definition) is 0. The van der Waals surface area contributed by atoms with Gasteiger partial charge in [0.15, 0.2) is 11.5 Å². The summed E-state index contributed by atoms with van der Waals surface area (Å²) in [7, 11) is 0. The summed E-state index contributed by atoms with van der Waals surface area (Å²) in [6.45, 7) is 6.57. The van der Waals surface area contributed by atoms with Gasteiger partial charge in [0.2, 0.25) is 12.7 Å². The van der Waals surface area contributed by atoms with Gasteiger partial charge in [0.1, 0.15) is 12.4 Å². The second kappa shape index (κ2) is 7.75. The van der Waals surface area contributed by atoms with Crippen molar-refractivity contribution in [3.63, 3.8) is 0 Å². The molecule has 0 aliphatic carbocycles. The van der Waals surface area contributed by atoms with Crippen LogP contribution in [0, 0.1) is 0 Å². The van der Waals surface area contributed by atoms with E-state index in [0.717, 1.165) is 17.0 Å². The van der Waals surface area contributed by atoms with E-state index in [1.54, 1.807) is 11.0 Å². The molecule has 3 rings (SSSR count). The summed E-state index contributed by atoms with van der Waals surface area (Å²) in [5.74, 6) is 2.12. The monoisotopic (exact) mass is 339 g/mol. The third-order valence-electron chi connectivity index (χ3n) is 3.93. The lowest BCUT2D eigenvalue weighted by atomic mass is 10.1. The van der Waals surface area contributed by atoms with Crippen molar-refractivity contribution in [1.82, 2.24) is 0 Å². The van der Waals surface area contributed by atoms with Crippen molar-refractivity contribution in [2.75, 3.05) is 18.3 Å². The maximum Gasteiger partial charge on any atom is 0.231 e. The fourth-order valence-corrected chi connectivity index (χ4v) is 2.66. The number of nitrogens with zero attached hydrogens (tertiary/aromatic N) is 1. The molecule has 5 nitrogen and oxygen atoms in total. The van der Waals surface area contributed by atoms with Crippen LogP contribution in [-0.2, 0) is 11.3 Å². The van der Waals surface area contributed by atoms with Crippen molar-refractivity contribution in [2.45, 2.75) is 19.9 Å². The van der Waals surface area contributed by atoms with Crippen molar-refractivity contribution >= 4 is 11.6 Å². The molecule has 0 atom stereocenters. The molecule has 0 aromatic heterocycles. The lowest BCUT2D eigenvalue weighted by Crippen LogP contribution is -2.29. The smallest absolute Gasteiger partial charge is 0.231 e. The molecule has 0 saturated heterocycles. The highest BCUT2D eigenvalue weighted by Gasteiger charge is 2.20. The van der Waals surface area contributed by atoms with E-state index >= 15 is 0 Å². The Kier molecular flexibility index (Phi) is 5.23. The molecule has 130 valence electrons. The quantitative estimate of drug-likeness (QED) is 0.717. The number of carbonyl (C=O) groups is 1. The molecular formula is C20H21NO4. The first-order chi connectivity index (χ1) is 12.2. The average Bonchev–Trinajstić information content (AvgIpc) is 3.12. The van der Waals surface area contributed by atoms with E-state index in [-0.39, 0.29) is 12.7 Å². The van der Waals surface area contributed by atoms with E-state index in [1.807, 2.05) is 49.4 Å². The summed E-state index contributed by atoms with van der Waals surface area (Å²) in [5, 5.41) is 0. The molecule has 1 amide bonds. The maximum absolute atomic E-state index is 12.5. The fourth-order valence-electron chi connectivity index (χ4n) is 2.66. The van der Waals surface area contributed by atoms with Crippen molar-refractivity contribution < 1.29 is 19.0 Å². The highest BCUT2D eigenvalue weighted by molar-refractivity contribution is 5.93. The number of fused-ring (bicyclic) bond motifs is 1. The van der Waals surface area contributed by atoms with Gasteiger partial charge in [-0.05, 0) is 18.2 Å². The normalized spacial score (nSPS) is 11.9. The summed E-state index contributed by atoms with van der Waals surface area (Å²) >= 11 is 0. The predicted molar refractivity (Wildman–Crippen MR) is 96.2 cm³/mol. The van der Waals surface area contributed by atoms with E-state index in [2.05, 4.69) is 6.58 Å². The van der Waals surface area contributed by atoms with Gasteiger partial charge in [-0.2, -0.15) is 0 Å². The van der Waals surface area contributed by atoms with Gasteiger partial charge in [-0.3, -0.25) is 4.79 Å². The maximum atomic E-state index is 12.5. The largest absolute Gasteiger partial charge is 0.489 e. The molecular weight excluding hydrogens is 318 g/mol. The molecule has 0 N–H and O–H groups in total. The molecule has 0 saturated carbocycles. The lowest BCUT2D eigenvalue weighted by Gasteiger charge is -2.24. The first kappa shape index (κ1) is 16.9. The second-order valence-corrected chi connectivity index (χ2v) is 5.58. The van der Waals surface area contributed by atoms with Crippen molar-refractivity contribution in [3.8, 4) is 17.2 Å². The zero-order valence-corrected chi connectivity index (χ0v) is 14.2. The number of ether oxygens (including phenoxy) is 3. The summed E-state index contributed by atoms with van der Waals surface area (Å²) < 4.78 is 16.5. The van der Waals surface area contributed by atoms with Gasteiger partial charge in [-0.1, -0.05) is 37.8 Å². The number of hydrogen-bond acceptors (Lipinski definition) is 4. The number of benzene rings is 2. The zero-order valence-electron chi connectivity index (χ0n) is 14.2. The van der Waals surface area contributed by atoms with E-state index in [4.69, 9.17) is 14.2 Å². The van der Waals surface area contributed by atoms with Crippen LogP contribution in [0.2, 0.25) is 0 Å². The van der Waals surface area contributed by atoms with Crippen molar-refractivity contribution in [3.05, 3.63) is 60.7 Å². The summed E-state index contributed by atoms with van der Waals surface area (Å²) in [6, 6.07) is 13.2. The third kappa shape index (κ3) is 3.76. The van der Waals surface area contributed by atoms with Crippen molar-refractivity contribution in [2.24, 2.45) is 0 Å². The summed E-state index contributed by atoms with van der Waals surface area (Å²) in [4.78, 5) is 14.3. The molecule has 0 radical (unpaired) electrons. The first-order valence-electron chi connectivity index (χ1n) is 8.24. The number of amides is 1. The van der Waals surface area contributed by atoms with Gasteiger partial charge in [0.05, 0.1) is 6.54 Å². The van der Waals surface area contributed by atoms with Gasteiger partial charge in [-0.15, -0.1) is 0 Å². The highest BCUT2D eigenvalue weighted by atomic mass is 16.7. The molecule has 0 fully saturated rings. The Morgan fingerprint density at radius 3 is 2.84 bits per heavy atom. The molecule has 1 heterocycles. The third-order valence-corrected chi connectivity index (χ3v) is 3.93. The number of para-hydroxylation sites is 1. The van der Waals surface area contributed by atoms with Crippen LogP contribution in [0.5, 0.6) is 17.2 Å². The van der Waals surface area contributed by atoms with Crippen LogP contribution in [-0.4, -0.2) is 19.3 Å². The van der Waals surface area contributed by atoms with Gasteiger partial charge in [0, 0.05) is 23.7 Å². The van der Waals surface area contributed by atoms with E-state index in [9.17, 15) is 4.79 Å². The standard InChI is InChI=1S/C20H21NO4/c1-3-11-23-17-8-6-5-7-15(17)13-21(20(22)4-2)16-9-10-18-19(12-16)25-14-24-18/h3,5-10,12H,1,4,11,13-14H2,2H3. The molecule has 1 aliphatic heterocycles. The summed E-state index contributed by atoms with van der Waals surface area (Å²) in [5.41, 5.74) is 1.71. The number of carbonyl (C=O) groups excluding carboxylic acids is 1. The Morgan fingerprint density at radius 2 is 2.04 bits per heavy atom. The predicted octanol–water partition coefficient (Wildman–Crippen LogP) is 3.92. The van der Waals surface area contributed by atoms with Crippen LogP contribution in [0.1, 0.15) is 18.9 Å². The first-order valence-corrected chi connectivity index (χ1v) is 8.24. The number of rotatable bonds is 7. The van der Waals surface area contributed by atoms with E-state index in [0.29, 0.717) is 31.1 Å². The topological polar surface area (TPSA) is 48.0 Å². The van der Waals surface area contributed by atoms with Gasteiger partial charge < -0.3 is 19.1 Å². The van der Waals surface area contributed by atoms with E-state index in [1.165, 1.54) is 0 Å². The van der Waals surface area contributed by atoms with Crippen molar-refractivity contribution in [1.29, 1.82) is 0 Å². The molecule has 0 spiro atoms. The molecule has 25 heavy (non-hydrogen) atoms. The highest BCUT2D eigenvalue weighted by Crippen LogP contribution is 2.36. The Balaban J connectivity index is 1.90. The molecule has 5 heteroatoms. The second-order valence-electron chi connectivity index (χ2n) is 5.58. The zero-order chi connectivity index (χ0) is 17.6. The number of anilines is 1.